The first-order chi connectivity index (χ1) is 5.27. The van der Waals surface area contributed by atoms with Crippen LogP contribution in [0, 0.1) is 0 Å². The Labute approximate surface area is 75.2 Å². The molecule has 1 rings (SSSR count). The summed E-state index contributed by atoms with van der Waals surface area (Å²) in [5.41, 5.74) is 2.39. The summed E-state index contributed by atoms with van der Waals surface area (Å²) in [6.45, 7) is 2.13. The minimum absolute atomic E-state index is 0.897. The molecular formula is C8H11BrN2. The molecule has 1 aromatic rings. The van der Waals surface area contributed by atoms with E-state index >= 15 is 0 Å². The molecule has 60 valence electrons. The molecule has 0 radical (unpaired) electrons. The first kappa shape index (κ1) is 8.53. The van der Waals surface area contributed by atoms with Crippen molar-refractivity contribution in [1.29, 1.82) is 0 Å². The van der Waals surface area contributed by atoms with Gasteiger partial charge in [0.2, 0.25) is 0 Å². The van der Waals surface area contributed by atoms with Crippen LogP contribution < -0.4 is 5.32 Å². The molecule has 0 bridgehead atoms. The molecule has 1 aromatic heterocycles. The van der Waals surface area contributed by atoms with Crippen LogP contribution in [-0.2, 0) is 6.42 Å². The smallest absolute Gasteiger partial charge is 0.106 e. The van der Waals surface area contributed by atoms with E-state index in [1.54, 1.807) is 0 Å². The van der Waals surface area contributed by atoms with Crippen molar-refractivity contribution in [3.63, 3.8) is 0 Å². The maximum Gasteiger partial charge on any atom is 0.106 e. The first-order valence-electron chi connectivity index (χ1n) is 3.60. The summed E-state index contributed by atoms with van der Waals surface area (Å²) >= 11 is 3.33. The van der Waals surface area contributed by atoms with E-state index in [1.165, 1.54) is 5.56 Å². The van der Waals surface area contributed by atoms with Crippen LogP contribution in [0.1, 0.15) is 12.5 Å². The zero-order valence-corrected chi connectivity index (χ0v) is 8.27. The zero-order valence-electron chi connectivity index (χ0n) is 6.69. The highest BCUT2D eigenvalue weighted by molar-refractivity contribution is 9.10. The molecule has 0 amide bonds. The molecule has 0 unspecified atom stereocenters. The highest BCUT2D eigenvalue weighted by atomic mass is 79.9. The van der Waals surface area contributed by atoms with Crippen molar-refractivity contribution in [3.05, 3.63) is 22.4 Å². The van der Waals surface area contributed by atoms with Gasteiger partial charge in [-0.3, -0.25) is 0 Å². The number of nitrogens with zero attached hydrogens (tertiary/aromatic N) is 1. The molecule has 11 heavy (non-hydrogen) atoms. The van der Waals surface area contributed by atoms with E-state index in [-0.39, 0.29) is 0 Å². The second kappa shape index (κ2) is 3.72. The molecule has 1 heterocycles. The fourth-order valence-corrected chi connectivity index (χ4v) is 1.36. The Morgan fingerprint density at radius 3 is 2.91 bits per heavy atom. The Bertz CT molecular complexity index is 248. The summed E-state index contributed by atoms with van der Waals surface area (Å²) in [4.78, 5) is 4.11. The van der Waals surface area contributed by atoms with Crippen molar-refractivity contribution >= 4 is 21.6 Å². The number of halogens is 1. The number of aryl methyl sites for hydroxylation is 1. The second-order valence-electron chi connectivity index (χ2n) is 2.27. The fourth-order valence-electron chi connectivity index (χ4n) is 0.986. The summed E-state index contributed by atoms with van der Waals surface area (Å²) in [6, 6.07) is 2.03. The number of aromatic nitrogens is 1. The van der Waals surface area contributed by atoms with Crippen molar-refractivity contribution in [3.8, 4) is 0 Å². The van der Waals surface area contributed by atoms with E-state index in [9.17, 15) is 0 Å². The van der Waals surface area contributed by atoms with Crippen LogP contribution in [0.3, 0.4) is 0 Å². The molecule has 2 nitrogen and oxygen atoms in total. The van der Waals surface area contributed by atoms with E-state index in [0.29, 0.717) is 0 Å². The van der Waals surface area contributed by atoms with Gasteiger partial charge in [0.25, 0.3) is 0 Å². The SMILES string of the molecule is CCc1cc(Br)ncc1NC. The fraction of sp³-hybridized carbons (Fsp3) is 0.375. The van der Waals surface area contributed by atoms with Crippen LogP contribution in [0.15, 0.2) is 16.9 Å². The largest absolute Gasteiger partial charge is 0.387 e. The topological polar surface area (TPSA) is 24.9 Å². The number of rotatable bonds is 2. The monoisotopic (exact) mass is 214 g/mol. The van der Waals surface area contributed by atoms with Crippen molar-refractivity contribution in [2.24, 2.45) is 0 Å². The Hall–Kier alpha value is -0.570. The lowest BCUT2D eigenvalue weighted by Crippen LogP contribution is -1.95. The van der Waals surface area contributed by atoms with Crippen LogP contribution in [0.5, 0.6) is 0 Å². The molecule has 0 aliphatic rings. The molecule has 1 N–H and O–H groups in total. The number of nitrogens with one attached hydrogen (secondary N) is 1. The minimum Gasteiger partial charge on any atom is -0.387 e. The Morgan fingerprint density at radius 2 is 2.36 bits per heavy atom. The standard InChI is InChI=1S/C8H11BrN2/c1-3-6-4-8(9)11-5-7(6)10-2/h4-5,10H,3H2,1-2H3. The molecule has 0 saturated heterocycles. The highest BCUT2D eigenvalue weighted by Crippen LogP contribution is 2.17. The average molecular weight is 215 g/mol. The maximum absolute atomic E-state index is 4.11. The van der Waals surface area contributed by atoms with E-state index in [1.807, 2.05) is 19.3 Å². The highest BCUT2D eigenvalue weighted by Gasteiger charge is 1.98. The van der Waals surface area contributed by atoms with Gasteiger partial charge in [0.15, 0.2) is 0 Å². The van der Waals surface area contributed by atoms with E-state index in [2.05, 4.69) is 33.2 Å². The Morgan fingerprint density at radius 1 is 1.64 bits per heavy atom. The van der Waals surface area contributed by atoms with Crippen LogP contribution in [0.2, 0.25) is 0 Å². The number of hydrogen-bond donors (Lipinski definition) is 1. The number of anilines is 1. The van der Waals surface area contributed by atoms with Crippen LogP contribution in [0.4, 0.5) is 5.69 Å². The molecule has 0 spiro atoms. The van der Waals surface area contributed by atoms with E-state index in [0.717, 1.165) is 16.7 Å². The summed E-state index contributed by atoms with van der Waals surface area (Å²) < 4.78 is 0.897. The van der Waals surface area contributed by atoms with Gasteiger partial charge in [-0.15, -0.1) is 0 Å². The van der Waals surface area contributed by atoms with Gasteiger partial charge in [-0.05, 0) is 34.0 Å². The average Bonchev–Trinajstić information content (AvgIpc) is 2.04. The minimum atomic E-state index is 0.897. The Balaban J connectivity index is 3.06. The van der Waals surface area contributed by atoms with Gasteiger partial charge in [0.1, 0.15) is 4.60 Å². The molecule has 3 heteroatoms. The lowest BCUT2D eigenvalue weighted by molar-refractivity contribution is 1.10. The van der Waals surface area contributed by atoms with Gasteiger partial charge in [0, 0.05) is 7.05 Å². The summed E-state index contributed by atoms with van der Waals surface area (Å²) in [5, 5.41) is 3.09. The summed E-state index contributed by atoms with van der Waals surface area (Å²) in [6.07, 6.45) is 2.86. The Kier molecular flexibility index (Phi) is 2.88. The maximum atomic E-state index is 4.11. The lowest BCUT2D eigenvalue weighted by Gasteiger charge is -2.05. The molecule has 0 fully saturated rings. The third-order valence-corrected chi connectivity index (χ3v) is 2.04. The molecule has 0 aliphatic carbocycles. The quantitative estimate of drug-likeness (QED) is 0.766. The number of hydrogen-bond acceptors (Lipinski definition) is 2. The van der Waals surface area contributed by atoms with Crippen molar-refractivity contribution in [2.75, 3.05) is 12.4 Å². The van der Waals surface area contributed by atoms with Gasteiger partial charge in [-0.2, -0.15) is 0 Å². The van der Waals surface area contributed by atoms with E-state index < -0.39 is 0 Å². The van der Waals surface area contributed by atoms with Gasteiger partial charge >= 0.3 is 0 Å². The summed E-state index contributed by atoms with van der Waals surface area (Å²) in [7, 11) is 1.91. The second-order valence-corrected chi connectivity index (χ2v) is 3.08. The molecule has 0 saturated carbocycles. The molecule has 0 atom stereocenters. The third-order valence-electron chi connectivity index (χ3n) is 1.61. The first-order valence-corrected chi connectivity index (χ1v) is 4.39. The van der Waals surface area contributed by atoms with E-state index in [4.69, 9.17) is 0 Å². The molecule has 0 aromatic carbocycles. The van der Waals surface area contributed by atoms with Crippen molar-refractivity contribution < 1.29 is 0 Å². The van der Waals surface area contributed by atoms with Crippen LogP contribution >= 0.6 is 15.9 Å². The zero-order chi connectivity index (χ0) is 8.27. The van der Waals surface area contributed by atoms with Gasteiger partial charge in [-0.25, -0.2) is 4.98 Å². The van der Waals surface area contributed by atoms with Gasteiger partial charge in [-0.1, -0.05) is 6.92 Å². The molecular weight excluding hydrogens is 204 g/mol. The van der Waals surface area contributed by atoms with Crippen molar-refractivity contribution in [1.82, 2.24) is 4.98 Å². The van der Waals surface area contributed by atoms with Gasteiger partial charge < -0.3 is 5.32 Å². The van der Waals surface area contributed by atoms with Crippen LogP contribution in [0.25, 0.3) is 0 Å². The predicted molar refractivity (Wildman–Crippen MR) is 50.9 cm³/mol. The van der Waals surface area contributed by atoms with Crippen molar-refractivity contribution in [2.45, 2.75) is 13.3 Å². The normalized spacial score (nSPS) is 9.73. The lowest BCUT2D eigenvalue weighted by atomic mass is 10.2. The summed E-state index contributed by atoms with van der Waals surface area (Å²) in [5.74, 6) is 0. The van der Waals surface area contributed by atoms with Gasteiger partial charge in [0.05, 0.1) is 11.9 Å². The molecule has 0 aliphatic heterocycles. The predicted octanol–water partition coefficient (Wildman–Crippen LogP) is 2.45. The third kappa shape index (κ3) is 1.93. The number of pyridine rings is 1. The van der Waals surface area contributed by atoms with Crippen LogP contribution in [-0.4, -0.2) is 12.0 Å².